The van der Waals surface area contributed by atoms with E-state index in [4.69, 9.17) is 21.1 Å². The van der Waals surface area contributed by atoms with Crippen LogP contribution in [0, 0.1) is 0 Å². The molecule has 6 N–H and O–H groups in total. The first-order valence-corrected chi connectivity index (χ1v) is 4.96. The molecular weight excluding hydrogens is 248 g/mol. The molecule has 0 heterocycles. The largest absolute Gasteiger partial charge is 0.481 e. The number of nitrogens with one attached hydrogen (secondary N) is 1. The molecule has 0 bridgehead atoms. The molecule has 9 heteroatoms. The Kier molecular flexibility index (Phi) is 6.35. The van der Waals surface area contributed by atoms with E-state index < -0.39 is 42.3 Å². The van der Waals surface area contributed by atoms with Crippen LogP contribution in [0.1, 0.15) is 19.3 Å². The maximum Gasteiger partial charge on any atom is 0.326 e. The SMILES string of the molecule is N[C@@H](CCC(=O)N[C@@H](CC(=O)O)C(=O)O)C(=O)O. The standard InChI is InChI=1S/C9H14N2O7/c10-4(8(15)16)1-2-6(12)11-5(9(17)18)3-7(13)14/h4-5H,1-3,10H2,(H,11,12)(H,13,14)(H,15,16)(H,17,18)/t4-,5-/m0/s1. The lowest BCUT2D eigenvalue weighted by Crippen LogP contribution is -2.43. The van der Waals surface area contributed by atoms with Crippen LogP contribution in [0.25, 0.3) is 0 Å². The van der Waals surface area contributed by atoms with Gasteiger partial charge < -0.3 is 26.4 Å². The van der Waals surface area contributed by atoms with Crippen LogP contribution in [0.4, 0.5) is 0 Å². The second kappa shape index (κ2) is 7.22. The first kappa shape index (κ1) is 15.8. The summed E-state index contributed by atoms with van der Waals surface area (Å²) in [4.78, 5) is 42.6. The summed E-state index contributed by atoms with van der Waals surface area (Å²) >= 11 is 0. The molecule has 0 aromatic carbocycles. The van der Waals surface area contributed by atoms with E-state index >= 15 is 0 Å². The van der Waals surface area contributed by atoms with Gasteiger partial charge in [-0.25, -0.2) is 4.79 Å². The van der Waals surface area contributed by atoms with Gasteiger partial charge in [0, 0.05) is 6.42 Å². The van der Waals surface area contributed by atoms with Crippen LogP contribution < -0.4 is 11.1 Å². The molecule has 0 unspecified atom stereocenters. The molecule has 0 radical (unpaired) electrons. The van der Waals surface area contributed by atoms with E-state index in [0.717, 1.165) is 0 Å². The summed E-state index contributed by atoms with van der Waals surface area (Å²) in [5, 5.41) is 27.5. The summed E-state index contributed by atoms with van der Waals surface area (Å²) in [7, 11) is 0. The van der Waals surface area contributed by atoms with E-state index in [1.54, 1.807) is 0 Å². The minimum Gasteiger partial charge on any atom is -0.481 e. The van der Waals surface area contributed by atoms with Gasteiger partial charge in [-0.3, -0.25) is 14.4 Å². The highest BCUT2D eigenvalue weighted by molar-refractivity contribution is 5.87. The van der Waals surface area contributed by atoms with Crippen molar-refractivity contribution in [2.75, 3.05) is 0 Å². The number of rotatable bonds is 8. The third-order valence-electron chi connectivity index (χ3n) is 2.01. The van der Waals surface area contributed by atoms with Gasteiger partial charge in [0.05, 0.1) is 6.42 Å². The topological polar surface area (TPSA) is 167 Å². The van der Waals surface area contributed by atoms with Gasteiger partial charge in [-0.1, -0.05) is 0 Å². The summed E-state index contributed by atoms with van der Waals surface area (Å²) in [5.74, 6) is -4.89. The molecule has 18 heavy (non-hydrogen) atoms. The minimum absolute atomic E-state index is 0.166. The van der Waals surface area contributed by atoms with Crippen molar-refractivity contribution in [1.29, 1.82) is 0 Å². The second-order valence-corrected chi connectivity index (χ2v) is 3.54. The zero-order chi connectivity index (χ0) is 14.3. The van der Waals surface area contributed by atoms with Crippen molar-refractivity contribution in [3.8, 4) is 0 Å². The molecule has 0 aliphatic heterocycles. The van der Waals surface area contributed by atoms with Crippen molar-refractivity contribution in [2.45, 2.75) is 31.3 Å². The van der Waals surface area contributed by atoms with Crippen molar-refractivity contribution < 1.29 is 34.5 Å². The number of aliphatic carboxylic acids is 3. The van der Waals surface area contributed by atoms with Gasteiger partial charge in [-0.05, 0) is 6.42 Å². The van der Waals surface area contributed by atoms with Gasteiger partial charge in [0.2, 0.25) is 5.91 Å². The second-order valence-electron chi connectivity index (χ2n) is 3.54. The van der Waals surface area contributed by atoms with Gasteiger partial charge >= 0.3 is 17.9 Å². The first-order valence-electron chi connectivity index (χ1n) is 4.96. The van der Waals surface area contributed by atoms with Crippen LogP contribution in [0.15, 0.2) is 0 Å². The fraction of sp³-hybridized carbons (Fsp3) is 0.556. The van der Waals surface area contributed by atoms with E-state index in [9.17, 15) is 19.2 Å². The van der Waals surface area contributed by atoms with Crippen LogP contribution in [0.3, 0.4) is 0 Å². The average Bonchev–Trinajstić information content (AvgIpc) is 2.23. The summed E-state index contributed by atoms with van der Waals surface area (Å²) in [6.45, 7) is 0. The van der Waals surface area contributed by atoms with E-state index in [0.29, 0.717) is 0 Å². The molecular formula is C9H14N2O7. The van der Waals surface area contributed by atoms with E-state index in [1.807, 2.05) is 5.32 Å². The number of hydrogen-bond donors (Lipinski definition) is 5. The highest BCUT2D eigenvalue weighted by Crippen LogP contribution is 1.98. The van der Waals surface area contributed by atoms with Crippen LogP contribution in [0.2, 0.25) is 0 Å². The molecule has 0 saturated carbocycles. The number of carbonyl (C=O) groups excluding carboxylic acids is 1. The molecule has 9 nitrogen and oxygen atoms in total. The van der Waals surface area contributed by atoms with Gasteiger partial charge in [-0.15, -0.1) is 0 Å². The molecule has 1 amide bonds. The minimum atomic E-state index is -1.55. The Morgan fingerprint density at radius 1 is 1.06 bits per heavy atom. The monoisotopic (exact) mass is 262 g/mol. The van der Waals surface area contributed by atoms with Gasteiger partial charge in [0.1, 0.15) is 12.1 Å². The van der Waals surface area contributed by atoms with Crippen molar-refractivity contribution in [2.24, 2.45) is 5.73 Å². The predicted octanol–water partition coefficient (Wildman–Crippen LogP) is -1.78. The number of carbonyl (C=O) groups is 4. The molecule has 0 saturated heterocycles. The van der Waals surface area contributed by atoms with Crippen molar-refractivity contribution in [1.82, 2.24) is 5.32 Å². The highest BCUT2D eigenvalue weighted by Gasteiger charge is 2.23. The summed E-state index contributed by atoms with van der Waals surface area (Å²) < 4.78 is 0. The predicted molar refractivity (Wildman–Crippen MR) is 56.7 cm³/mol. The van der Waals surface area contributed by atoms with E-state index in [2.05, 4.69) is 0 Å². The Morgan fingerprint density at radius 3 is 2.00 bits per heavy atom. The maximum atomic E-state index is 11.3. The lowest BCUT2D eigenvalue weighted by molar-refractivity contribution is -0.147. The van der Waals surface area contributed by atoms with E-state index in [1.165, 1.54) is 0 Å². The van der Waals surface area contributed by atoms with Gasteiger partial charge in [0.15, 0.2) is 0 Å². The summed E-state index contributed by atoms with van der Waals surface area (Å²) in [6, 6.07) is -2.77. The third-order valence-corrected chi connectivity index (χ3v) is 2.01. The molecule has 0 aliphatic carbocycles. The zero-order valence-corrected chi connectivity index (χ0v) is 9.33. The van der Waals surface area contributed by atoms with Crippen LogP contribution in [-0.2, 0) is 19.2 Å². The quantitative estimate of drug-likeness (QED) is 0.342. The Morgan fingerprint density at radius 2 is 1.61 bits per heavy atom. The molecule has 102 valence electrons. The highest BCUT2D eigenvalue weighted by atomic mass is 16.4. The molecule has 0 aliphatic rings. The molecule has 0 fully saturated rings. The Labute approximate surface area is 102 Å². The lowest BCUT2D eigenvalue weighted by atomic mass is 10.1. The number of carboxylic acid groups (broad SMARTS) is 3. The maximum absolute atomic E-state index is 11.3. The third kappa shape index (κ3) is 6.43. The molecule has 0 aromatic rings. The first-order chi connectivity index (χ1) is 8.23. The normalized spacial score (nSPS) is 13.4. The Bertz CT molecular complexity index is 355. The molecule has 0 aromatic heterocycles. The molecule has 2 atom stereocenters. The van der Waals surface area contributed by atoms with Crippen molar-refractivity contribution in [3.05, 3.63) is 0 Å². The smallest absolute Gasteiger partial charge is 0.326 e. The van der Waals surface area contributed by atoms with Crippen LogP contribution >= 0.6 is 0 Å². The summed E-state index contributed by atoms with van der Waals surface area (Å²) in [6.07, 6.45) is -1.22. The van der Waals surface area contributed by atoms with Crippen molar-refractivity contribution in [3.63, 3.8) is 0 Å². The fourth-order valence-electron chi connectivity index (χ4n) is 1.05. The van der Waals surface area contributed by atoms with Crippen LogP contribution in [-0.4, -0.2) is 51.2 Å². The Balaban J connectivity index is 4.22. The molecule has 0 spiro atoms. The Hall–Kier alpha value is -2.16. The zero-order valence-electron chi connectivity index (χ0n) is 9.33. The van der Waals surface area contributed by atoms with Gasteiger partial charge in [0.25, 0.3) is 0 Å². The number of hydrogen-bond acceptors (Lipinski definition) is 5. The molecule has 0 rings (SSSR count). The number of amides is 1. The summed E-state index contributed by atoms with van der Waals surface area (Å²) in [5.41, 5.74) is 5.15. The van der Waals surface area contributed by atoms with Crippen LogP contribution in [0.5, 0.6) is 0 Å². The van der Waals surface area contributed by atoms with Crippen molar-refractivity contribution >= 4 is 23.8 Å². The number of carboxylic acids is 3. The van der Waals surface area contributed by atoms with Gasteiger partial charge in [-0.2, -0.15) is 0 Å². The fourth-order valence-corrected chi connectivity index (χ4v) is 1.05. The van der Waals surface area contributed by atoms with E-state index in [-0.39, 0.29) is 12.8 Å². The lowest BCUT2D eigenvalue weighted by Gasteiger charge is -2.12. The average molecular weight is 262 g/mol. The number of nitrogens with two attached hydrogens (primary N) is 1.